The van der Waals surface area contributed by atoms with Gasteiger partial charge in [0.2, 0.25) is 5.13 Å². The molecule has 0 spiro atoms. The van der Waals surface area contributed by atoms with Crippen LogP contribution >= 0.6 is 11.3 Å². The Morgan fingerprint density at radius 1 is 1.55 bits per heavy atom. The van der Waals surface area contributed by atoms with Gasteiger partial charge in [-0.05, 0) is 0 Å². The van der Waals surface area contributed by atoms with Crippen LogP contribution in [0.1, 0.15) is 26.5 Å². The molecule has 11 heavy (non-hydrogen) atoms. The Hall–Kier alpha value is -0.350. The van der Waals surface area contributed by atoms with Crippen molar-refractivity contribution in [3.63, 3.8) is 0 Å². The number of aromatic nitrogens is 1. The molecule has 0 bridgehead atoms. The topological polar surface area (TPSA) is 25.2 Å². The number of thiazole rings is 1. The first-order valence-electron chi connectivity index (χ1n) is 3.33. The fraction of sp³-hybridized carbons (Fsp3) is 0.571. The van der Waals surface area contributed by atoms with Crippen LogP contribution in [-0.2, 0) is 17.8 Å². The number of hydrogen-bond donors (Lipinski definition) is 0. The van der Waals surface area contributed by atoms with Gasteiger partial charge >= 0.3 is 0 Å². The lowest BCUT2D eigenvalue weighted by atomic mass is 9.93. The summed E-state index contributed by atoms with van der Waals surface area (Å²) in [6.45, 7) is 6.36. The van der Waals surface area contributed by atoms with Crippen molar-refractivity contribution in [2.24, 2.45) is 4.36 Å². The molecule has 4 heteroatoms. The van der Waals surface area contributed by atoms with E-state index in [1.54, 1.807) is 0 Å². The quantitative estimate of drug-likeness (QED) is 0.674. The van der Waals surface area contributed by atoms with Crippen LogP contribution in [0.2, 0.25) is 0 Å². The first-order valence-corrected chi connectivity index (χ1v) is 4.58. The van der Waals surface area contributed by atoms with E-state index in [1.807, 2.05) is 5.38 Å². The van der Waals surface area contributed by atoms with Crippen molar-refractivity contribution in [3.05, 3.63) is 11.1 Å². The second-order valence-corrected chi connectivity index (χ2v) is 4.38. The Bertz CT molecular complexity index is 260. The van der Waals surface area contributed by atoms with E-state index in [9.17, 15) is 0 Å². The van der Waals surface area contributed by atoms with E-state index in [4.69, 9.17) is 0 Å². The summed E-state index contributed by atoms with van der Waals surface area (Å²) in [4.78, 5) is 4.25. The van der Waals surface area contributed by atoms with Crippen molar-refractivity contribution < 1.29 is 0 Å². The van der Waals surface area contributed by atoms with E-state index in [1.165, 1.54) is 11.3 Å². The molecule has 0 atom stereocenters. The Kier molecular flexibility index (Phi) is 2.34. The summed E-state index contributed by atoms with van der Waals surface area (Å²) in [6.07, 6.45) is 0. The second kappa shape index (κ2) is 2.95. The molecule has 0 radical (unpaired) electrons. The summed E-state index contributed by atoms with van der Waals surface area (Å²) in [5.41, 5.74) is 1.17. The van der Waals surface area contributed by atoms with Gasteiger partial charge in [-0.25, -0.2) is 4.98 Å². The fourth-order valence-corrected chi connectivity index (χ4v) is 1.64. The summed E-state index contributed by atoms with van der Waals surface area (Å²) >= 11 is 6.02. The first-order chi connectivity index (χ1) is 5.04. The maximum Gasteiger partial charge on any atom is 0.221 e. The Morgan fingerprint density at radius 2 is 2.18 bits per heavy atom. The molecule has 1 rings (SSSR count). The van der Waals surface area contributed by atoms with Crippen molar-refractivity contribution in [1.82, 2.24) is 4.98 Å². The van der Waals surface area contributed by atoms with Crippen LogP contribution in [0.15, 0.2) is 9.74 Å². The third-order valence-corrected chi connectivity index (χ3v) is 2.36. The van der Waals surface area contributed by atoms with Crippen LogP contribution in [0.4, 0.5) is 5.13 Å². The molecule has 2 nitrogen and oxygen atoms in total. The van der Waals surface area contributed by atoms with Gasteiger partial charge in [0.1, 0.15) is 0 Å². The Morgan fingerprint density at radius 3 is 2.45 bits per heavy atom. The number of hydrogen-bond acceptors (Lipinski definition) is 4. The molecule has 0 fully saturated rings. The van der Waals surface area contributed by atoms with Crippen molar-refractivity contribution in [2.75, 3.05) is 0 Å². The molecule has 0 aromatic carbocycles. The molecule has 1 aromatic heterocycles. The van der Waals surface area contributed by atoms with Gasteiger partial charge < -0.3 is 0 Å². The predicted octanol–water partition coefficient (Wildman–Crippen LogP) is 2.80. The molecule has 0 amide bonds. The highest BCUT2D eigenvalue weighted by molar-refractivity contribution is 7.47. The summed E-state index contributed by atoms with van der Waals surface area (Å²) in [6, 6.07) is 0. The predicted molar refractivity (Wildman–Crippen MR) is 50.3 cm³/mol. The maximum atomic E-state index is 4.53. The van der Waals surface area contributed by atoms with E-state index in [0.717, 1.165) is 5.69 Å². The van der Waals surface area contributed by atoms with Crippen molar-refractivity contribution in [1.29, 1.82) is 0 Å². The largest absolute Gasteiger partial charge is 0.222 e. The van der Waals surface area contributed by atoms with Crippen molar-refractivity contribution >= 4 is 28.9 Å². The average molecular weight is 186 g/mol. The lowest BCUT2D eigenvalue weighted by molar-refractivity contribution is 0.573. The first kappa shape index (κ1) is 8.74. The molecule has 0 aliphatic carbocycles. The normalized spacial score (nSPS) is 11.5. The molecular formula is C7H10N2S2. The minimum atomic E-state index is 0.106. The zero-order chi connectivity index (χ0) is 8.48. The second-order valence-electron chi connectivity index (χ2n) is 3.36. The highest BCUT2D eigenvalue weighted by atomic mass is 32.1. The van der Waals surface area contributed by atoms with Crippen LogP contribution in [0.5, 0.6) is 0 Å². The van der Waals surface area contributed by atoms with Crippen molar-refractivity contribution in [3.8, 4) is 0 Å². The molecule has 0 saturated carbocycles. The van der Waals surface area contributed by atoms with Gasteiger partial charge in [-0.2, -0.15) is 0 Å². The van der Waals surface area contributed by atoms with Gasteiger partial charge in [0.25, 0.3) is 0 Å². The maximum absolute atomic E-state index is 4.53. The standard InChI is InChI=1S/C7H10N2S2/c1-7(2,3)5-4-11-6(8-5)9-10/h4H,1-3H3. The average Bonchev–Trinajstić information content (AvgIpc) is 2.32. The number of nitrogens with zero attached hydrogens (tertiary/aromatic N) is 2. The zero-order valence-corrected chi connectivity index (χ0v) is 8.42. The van der Waals surface area contributed by atoms with Crippen LogP contribution < -0.4 is 0 Å². The SMILES string of the molecule is CC(C)(C)c1csc(N=S)n1. The van der Waals surface area contributed by atoms with Gasteiger partial charge in [0.05, 0.1) is 5.69 Å². The lowest BCUT2D eigenvalue weighted by Gasteiger charge is -2.13. The van der Waals surface area contributed by atoms with Crippen LogP contribution in [-0.4, -0.2) is 4.98 Å². The molecule has 0 saturated heterocycles. The van der Waals surface area contributed by atoms with Gasteiger partial charge in [0.15, 0.2) is 0 Å². The van der Waals surface area contributed by atoms with E-state index in [2.05, 4.69) is 42.5 Å². The van der Waals surface area contributed by atoms with Crippen LogP contribution in [0, 0.1) is 0 Å². The summed E-state index contributed by atoms with van der Waals surface area (Å²) in [5.74, 6) is 0. The Labute approximate surface area is 75.8 Å². The van der Waals surface area contributed by atoms with E-state index in [0.29, 0.717) is 5.13 Å². The summed E-state index contributed by atoms with van der Waals surface area (Å²) in [5, 5.41) is 2.69. The molecule has 0 unspecified atom stereocenters. The molecule has 1 heterocycles. The third-order valence-electron chi connectivity index (χ3n) is 1.34. The fourth-order valence-electron chi connectivity index (χ4n) is 0.651. The van der Waals surface area contributed by atoms with Gasteiger partial charge in [-0.3, -0.25) is 0 Å². The monoisotopic (exact) mass is 186 g/mol. The van der Waals surface area contributed by atoms with Crippen molar-refractivity contribution in [2.45, 2.75) is 26.2 Å². The third kappa shape index (κ3) is 2.04. The van der Waals surface area contributed by atoms with E-state index in [-0.39, 0.29) is 5.41 Å². The lowest BCUT2D eigenvalue weighted by Crippen LogP contribution is -2.10. The molecule has 60 valence electrons. The molecular weight excluding hydrogens is 176 g/mol. The molecule has 1 aromatic rings. The molecule has 0 aliphatic heterocycles. The van der Waals surface area contributed by atoms with E-state index >= 15 is 0 Å². The van der Waals surface area contributed by atoms with Crippen LogP contribution in [0.25, 0.3) is 0 Å². The summed E-state index contributed by atoms with van der Waals surface area (Å²) in [7, 11) is 0. The minimum absolute atomic E-state index is 0.106. The van der Waals surface area contributed by atoms with Gasteiger partial charge in [-0.15, -0.1) is 15.7 Å². The minimum Gasteiger partial charge on any atom is -0.222 e. The number of rotatable bonds is 1. The highest BCUT2D eigenvalue weighted by Crippen LogP contribution is 2.27. The molecule has 0 aliphatic rings. The Balaban J connectivity index is 2.98. The smallest absolute Gasteiger partial charge is 0.221 e. The zero-order valence-electron chi connectivity index (χ0n) is 6.79. The highest BCUT2D eigenvalue weighted by Gasteiger charge is 2.16. The summed E-state index contributed by atoms with van der Waals surface area (Å²) < 4.78 is 3.60. The van der Waals surface area contributed by atoms with E-state index < -0.39 is 0 Å². The van der Waals surface area contributed by atoms with Gasteiger partial charge in [0, 0.05) is 23.2 Å². The van der Waals surface area contributed by atoms with Crippen LogP contribution in [0.3, 0.4) is 0 Å². The molecule has 0 N–H and O–H groups in total. The van der Waals surface area contributed by atoms with Gasteiger partial charge in [-0.1, -0.05) is 20.8 Å².